The largest absolute Gasteiger partial charge is 0.496 e. The van der Waals surface area contributed by atoms with E-state index in [1.165, 1.54) is 4.57 Å². The van der Waals surface area contributed by atoms with Gasteiger partial charge >= 0.3 is 6.03 Å². The Morgan fingerprint density at radius 3 is 2.15 bits per heavy atom. The van der Waals surface area contributed by atoms with Crippen LogP contribution in [0.25, 0.3) is 0 Å². The van der Waals surface area contributed by atoms with Crippen LogP contribution in [0.15, 0.2) is 30.6 Å². The normalized spacial score (nSPS) is 11.0. The van der Waals surface area contributed by atoms with Crippen LogP contribution in [0, 0.1) is 0 Å². The van der Waals surface area contributed by atoms with Crippen molar-refractivity contribution >= 4 is 6.03 Å². The second-order valence-corrected chi connectivity index (χ2v) is 3.96. The lowest BCUT2D eigenvalue weighted by Gasteiger charge is -2.13. The molecule has 1 rings (SSSR count). The van der Waals surface area contributed by atoms with Crippen LogP contribution in [0.4, 0.5) is 4.79 Å². The molecule has 1 aromatic heterocycles. The highest BCUT2D eigenvalue weighted by atomic mass is 16.2. The molecular weight excluding hydrogens is 164 g/mol. The summed E-state index contributed by atoms with van der Waals surface area (Å²) in [7, 11) is 0. The number of pyridine rings is 1. The van der Waals surface area contributed by atoms with Crippen LogP contribution >= 0.6 is 0 Å². The SMILES string of the molecule is CC(C)(C)NC(=O)[n+]1ccccc1. The number of hydrogen-bond donors (Lipinski definition) is 1. The molecule has 0 spiro atoms. The van der Waals surface area contributed by atoms with Gasteiger partial charge in [0, 0.05) is 0 Å². The van der Waals surface area contributed by atoms with Gasteiger partial charge in [-0.1, -0.05) is 6.07 Å². The Labute approximate surface area is 78.4 Å². The summed E-state index contributed by atoms with van der Waals surface area (Å²) in [4.78, 5) is 11.5. The van der Waals surface area contributed by atoms with E-state index in [2.05, 4.69) is 5.32 Å². The molecule has 13 heavy (non-hydrogen) atoms. The Balaban J connectivity index is 2.71. The van der Waals surface area contributed by atoms with E-state index in [9.17, 15) is 4.79 Å². The minimum Gasteiger partial charge on any atom is -0.233 e. The summed E-state index contributed by atoms with van der Waals surface area (Å²) < 4.78 is 1.52. The summed E-state index contributed by atoms with van der Waals surface area (Å²) in [6.45, 7) is 5.86. The number of rotatable bonds is 0. The Morgan fingerprint density at radius 2 is 1.69 bits per heavy atom. The van der Waals surface area contributed by atoms with Gasteiger partial charge in [0.1, 0.15) is 0 Å². The van der Waals surface area contributed by atoms with Gasteiger partial charge in [0.05, 0.1) is 17.9 Å². The first-order valence-electron chi connectivity index (χ1n) is 4.28. The lowest BCUT2D eigenvalue weighted by atomic mass is 10.1. The van der Waals surface area contributed by atoms with Crippen molar-refractivity contribution in [1.82, 2.24) is 5.32 Å². The first-order chi connectivity index (χ1) is 5.99. The van der Waals surface area contributed by atoms with Crippen LogP contribution < -0.4 is 9.88 Å². The van der Waals surface area contributed by atoms with Crippen LogP contribution in [0.2, 0.25) is 0 Å². The molecule has 0 saturated heterocycles. The van der Waals surface area contributed by atoms with Gasteiger partial charge in [-0.15, -0.1) is 0 Å². The van der Waals surface area contributed by atoms with Crippen molar-refractivity contribution in [3.05, 3.63) is 30.6 Å². The molecule has 1 amide bonds. The van der Waals surface area contributed by atoms with Crippen molar-refractivity contribution in [2.24, 2.45) is 0 Å². The highest BCUT2D eigenvalue weighted by Gasteiger charge is 2.22. The van der Waals surface area contributed by atoms with E-state index in [0.29, 0.717) is 0 Å². The number of amides is 1. The topological polar surface area (TPSA) is 33.0 Å². The minimum absolute atomic E-state index is 0.104. The molecule has 1 aromatic rings. The molecular formula is C10H15N2O+. The fourth-order valence-electron chi connectivity index (χ4n) is 0.919. The molecule has 0 aromatic carbocycles. The summed E-state index contributed by atoms with van der Waals surface area (Å²) in [6.07, 6.45) is 3.45. The zero-order chi connectivity index (χ0) is 9.90. The summed E-state index contributed by atoms with van der Waals surface area (Å²) in [5.74, 6) is 0. The lowest BCUT2D eigenvalue weighted by molar-refractivity contribution is -0.572. The average molecular weight is 179 g/mol. The van der Waals surface area contributed by atoms with Crippen molar-refractivity contribution in [2.45, 2.75) is 26.3 Å². The van der Waals surface area contributed by atoms with E-state index in [4.69, 9.17) is 0 Å². The Kier molecular flexibility index (Phi) is 2.66. The number of carbonyl (C=O) groups is 1. The molecule has 0 unspecified atom stereocenters. The Bertz CT molecular complexity index is 288. The van der Waals surface area contributed by atoms with Crippen molar-refractivity contribution in [3.8, 4) is 0 Å². The smallest absolute Gasteiger partial charge is 0.233 e. The van der Waals surface area contributed by atoms with Gasteiger partial charge < -0.3 is 0 Å². The van der Waals surface area contributed by atoms with E-state index in [1.54, 1.807) is 12.4 Å². The third-order valence-electron chi connectivity index (χ3n) is 1.43. The monoisotopic (exact) mass is 179 g/mol. The molecule has 3 heteroatoms. The molecule has 0 radical (unpaired) electrons. The van der Waals surface area contributed by atoms with Crippen LogP contribution in [0.1, 0.15) is 20.8 Å². The van der Waals surface area contributed by atoms with Gasteiger partial charge in [0.2, 0.25) is 0 Å². The van der Waals surface area contributed by atoms with Crippen LogP contribution in [0.3, 0.4) is 0 Å². The number of hydrogen-bond acceptors (Lipinski definition) is 1. The van der Waals surface area contributed by atoms with Crippen LogP contribution in [-0.2, 0) is 0 Å². The fraction of sp³-hybridized carbons (Fsp3) is 0.400. The average Bonchev–Trinajstić information content (AvgIpc) is 2.03. The maximum absolute atomic E-state index is 11.5. The van der Waals surface area contributed by atoms with Crippen LogP contribution in [-0.4, -0.2) is 11.6 Å². The predicted octanol–water partition coefficient (Wildman–Crippen LogP) is 1.33. The van der Waals surface area contributed by atoms with Gasteiger partial charge in [0.25, 0.3) is 0 Å². The molecule has 3 nitrogen and oxygen atoms in total. The van der Waals surface area contributed by atoms with Gasteiger partial charge in [-0.25, -0.2) is 5.32 Å². The second-order valence-electron chi connectivity index (χ2n) is 3.96. The number of nitrogens with one attached hydrogen (secondary N) is 1. The molecule has 0 aliphatic rings. The van der Waals surface area contributed by atoms with E-state index in [-0.39, 0.29) is 11.6 Å². The standard InChI is InChI=1S/C10H14N2O/c1-10(2,3)11-9(13)12-7-5-4-6-8-12/h4-8H,1-3H3/p+1. The highest BCUT2D eigenvalue weighted by molar-refractivity contribution is 5.64. The summed E-state index contributed by atoms with van der Waals surface area (Å²) in [6, 6.07) is 5.42. The summed E-state index contributed by atoms with van der Waals surface area (Å²) >= 11 is 0. The van der Waals surface area contributed by atoms with Crippen molar-refractivity contribution in [2.75, 3.05) is 0 Å². The van der Waals surface area contributed by atoms with Crippen molar-refractivity contribution in [1.29, 1.82) is 0 Å². The molecule has 1 heterocycles. The number of carbonyl (C=O) groups excluding carboxylic acids is 1. The molecule has 1 N–H and O–H groups in total. The van der Waals surface area contributed by atoms with Gasteiger partial charge in [-0.3, -0.25) is 0 Å². The first-order valence-corrected chi connectivity index (χ1v) is 4.28. The van der Waals surface area contributed by atoms with E-state index < -0.39 is 0 Å². The zero-order valence-corrected chi connectivity index (χ0v) is 8.24. The minimum atomic E-state index is -0.195. The molecule has 70 valence electrons. The zero-order valence-electron chi connectivity index (χ0n) is 8.24. The number of nitrogens with zero attached hydrogens (tertiary/aromatic N) is 1. The molecule has 0 bridgehead atoms. The molecule has 0 fully saturated rings. The Morgan fingerprint density at radius 1 is 1.15 bits per heavy atom. The van der Waals surface area contributed by atoms with Crippen LogP contribution in [0.5, 0.6) is 0 Å². The molecule has 0 aliphatic carbocycles. The summed E-state index contributed by atoms with van der Waals surface area (Å²) in [5.41, 5.74) is -0.195. The third-order valence-corrected chi connectivity index (χ3v) is 1.43. The van der Waals surface area contributed by atoms with Gasteiger partial charge in [0.15, 0.2) is 0 Å². The van der Waals surface area contributed by atoms with E-state index in [1.807, 2.05) is 39.0 Å². The van der Waals surface area contributed by atoms with Gasteiger partial charge in [-0.2, -0.15) is 9.36 Å². The van der Waals surface area contributed by atoms with E-state index >= 15 is 0 Å². The Hall–Kier alpha value is -1.38. The maximum atomic E-state index is 11.5. The van der Waals surface area contributed by atoms with E-state index in [0.717, 1.165) is 0 Å². The maximum Gasteiger partial charge on any atom is 0.496 e. The third kappa shape index (κ3) is 3.23. The molecule has 0 aliphatic heterocycles. The van der Waals surface area contributed by atoms with Crippen molar-refractivity contribution < 1.29 is 9.36 Å². The summed E-state index contributed by atoms with van der Waals surface area (Å²) in [5, 5.41) is 2.86. The molecule has 0 atom stereocenters. The quantitative estimate of drug-likeness (QED) is 0.599. The lowest BCUT2D eigenvalue weighted by Crippen LogP contribution is -2.55. The number of aromatic nitrogens is 1. The fourth-order valence-corrected chi connectivity index (χ4v) is 0.919. The molecule has 0 saturated carbocycles. The highest BCUT2D eigenvalue weighted by Crippen LogP contribution is 1.97. The van der Waals surface area contributed by atoms with Crippen molar-refractivity contribution in [3.63, 3.8) is 0 Å². The van der Waals surface area contributed by atoms with Gasteiger partial charge in [-0.05, 0) is 32.9 Å². The second kappa shape index (κ2) is 3.56. The predicted molar refractivity (Wildman–Crippen MR) is 50.3 cm³/mol. The first kappa shape index (κ1) is 9.71.